The van der Waals surface area contributed by atoms with Crippen LogP contribution in [0.1, 0.15) is 44.7 Å². The second-order valence-electron chi connectivity index (χ2n) is 11.5. The van der Waals surface area contributed by atoms with Gasteiger partial charge in [-0.2, -0.15) is 10.2 Å². The van der Waals surface area contributed by atoms with Crippen molar-refractivity contribution < 1.29 is 14.6 Å². The molecule has 2 aromatic heterocycles. The van der Waals surface area contributed by atoms with Gasteiger partial charge in [0.2, 0.25) is 0 Å². The summed E-state index contributed by atoms with van der Waals surface area (Å²) in [6.45, 7) is 1.07. The van der Waals surface area contributed by atoms with Gasteiger partial charge < -0.3 is 9.84 Å². The molecule has 0 fully saturated rings. The SMILES string of the molecule is COc1ccc(-n2ncc3c2-c2nn(CCCNC(c4ccccc4)(c4ccccc4)c4ccccc4)c(C(=O)O)c2CC3)cc1. The molecule has 8 heteroatoms. The number of methoxy groups -OCH3 is 1. The van der Waals surface area contributed by atoms with E-state index in [0.717, 1.165) is 44.9 Å². The number of carbonyl (C=O) groups is 1. The van der Waals surface area contributed by atoms with Crippen LogP contribution in [0.4, 0.5) is 0 Å². The van der Waals surface area contributed by atoms with E-state index in [1.165, 1.54) is 0 Å². The molecule has 0 saturated heterocycles. The Morgan fingerprint density at radius 3 is 1.98 bits per heavy atom. The molecule has 46 heavy (non-hydrogen) atoms. The summed E-state index contributed by atoms with van der Waals surface area (Å²) in [6, 6.07) is 39.1. The third kappa shape index (κ3) is 5.16. The summed E-state index contributed by atoms with van der Waals surface area (Å²) < 4.78 is 8.85. The number of aromatic nitrogens is 4. The highest BCUT2D eigenvalue weighted by Crippen LogP contribution is 2.38. The lowest BCUT2D eigenvalue weighted by molar-refractivity contribution is 0.0681. The first-order valence-corrected chi connectivity index (χ1v) is 15.6. The molecule has 8 nitrogen and oxygen atoms in total. The Kier molecular flexibility index (Phi) is 7.95. The van der Waals surface area contributed by atoms with Gasteiger partial charge in [0, 0.05) is 17.7 Å². The van der Waals surface area contributed by atoms with Gasteiger partial charge in [-0.05, 0) is 66.8 Å². The lowest BCUT2D eigenvalue weighted by Gasteiger charge is -2.37. The first kappa shape index (κ1) is 29.3. The Balaban J connectivity index is 1.20. The third-order valence-electron chi connectivity index (χ3n) is 8.84. The molecule has 4 aromatic carbocycles. The normalized spacial score (nSPS) is 12.4. The number of fused-ring (bicyclic) bond motifs is 3. The first-order chi connectivity index (χ1) is 22.6. The maximum absolute atomic E-state index is 12.7. The van der Waals surface area contributed by atoms with Gasteiger partial charge in [-0.25, -0.2) is 9.48 Å². The molecular formula is C38H35N5O3. The average molecular weight is 610 g/mol. The predicted molar refractivity (Wildman–Crippen MR) is 178 cm³/mol. The molecule has 7 rings (SSSR count). The zero-order valence-electron chi connectivity index (χ0n) is 25.6. The van der Waals surface area contributed by atoms with E-state index in [-0.39, 0.29) is 5.69 Å². The molecule has 0 saturated carbocycles. The van der Waals surface area contributed by atoms with E-state index in [4.69, 9.17) is 9.84 Å². The van der Waals surface area contributed by atoms with Crippen LogP contribution in [0.3, 0.4) is 0 Å². The van der Waals surface area contributed by atoms with Crippen molar-refractivity contribution in [2.75, 3.05) is 13.7 Å². The smallest absolute Gasteiger partial charge is 0.354 e. The minimum absolute atomic E-state index is 0.253. The number of hydrogen-bond donors (Lipinski definition) is 2. The van der Waals surface area contributed by atoms with Gasteiger partial charge in [0.1, 0.15) is 17.1 Å². The summed E-state index contributed by atoms with van der Waals surface area (Å²) in [7, 11) is 1.64. The molecule has 6 aromatic rings. The average Bonchev–Trinajstić information content (AvgIpc) is 3.71. The number of carboxylic acids is 1. The molecule has 0 bridgehead atoms. The maximum Gasteiger partial charge on any atom is 0.354 e. The molecule has 1 aliphatic rings. The van der Waals surface area contributed by atoms with E-state index in [0.29, 0.717) is 38.0 Å². The summed E-state index contributed by atoms with van der Waals surface area (Å²) in [5, 5.41) is 23.9. The summed E-state index contributed by atoms with van der Waals surface area (Å²) in [6.07, 6.45) is 3.84. The van der Waals surface area contributed by atoms with Crippen molar-refractivity contribution in [1.29, 1.82) is 0 Å². The van der Waals surface area contributed by atoms with Crippen LogP contribution in [-0.4, -0.2) is 44.3 Å². The second kappa shape index (κ2) is 12.5. The number of rotatable bonds is 11. The summed E-state index contributed by atoms with van der Waals surface area (Å²) in [5.74, 6) is -0.208. The standard InChI is InChI=1S/C38H35N5O3/c1-46-32-21-19-31(20-22-32)43-35-27(26-40-43)18-23-33-34(35)41-42(36(33)37(44)45)25-11-24-39-38(28-12-5-2-6-13-28,29-14-7-3-8-15-29)30-16-9-4-10-17-30/h2-10,12-17,19-22,26,39H,11,18,23-25H2,1H3,(H,44,45). The fourth-order valence-electron chi connectivity index (χ4n) is 6.70. The monoisotopic (exact) mass is 609 g/mol. The zero-order chi connectivity index (χ0) is 31.5. The number of hydrogen-bond acceptors (Lipinski definition) is 5. The third-order valence-corrected chi connectivity index (χ3v) is 8.84. The van der Waals surface area contributed by atoms with E-state index in [9.17, 15) is 9.90 Å². The van der Waals surface area contributed by atoms with Gasteiger partial charge in [0.25, 0.3) is 0 Å². The zero-order valence-corrected chi connectivity index (χ0v) is 25.6. The van der Waals surface area contributed by atoms with E-state index in [1.54, 1.807) is 11.8 Å². The fourth-order valence-corrected chi connectivity index (χ4v) is 6.70. The number of ether oxygens (including phenoxy) is 1. The topological polar surface area (TPSA) is 94.2 Å². The lowest BCUT2D eigenvalue weighted by Crippen LogP contribution is -2.45. The molecule has 0 spiro atoms. The van der Waals surface area contributed by atoms with Gasteiger partial charge >= 0.3 is 5.97 Å². The van der Waals surface area contributed by atoms with Crippen LogP contribution >= 0.6 is 0 Å². The van der Waals surface area contributed by atoms with Crippen molar-refractivity contribution >= 4 is 5.97 Å². The van der Waals surface area contributed by atoms with Crippen molar-refractivity contribution in [2.24, 2.45) is 0 Å². The minimum atomic E-state index is -0.965. The van der Waals surface area contributed by atoms with Gasteiger partial charge in [-0.3, -0.25) is 10.00 Å². The predicted octanol–water partition coefficient (Wildman–Crippen LogP) is 6.51. The fraction of sp³-hybridized carbons (Fsp3) is 0.184. The highest BCUT2D eigenvalue weighted by atomic mass is 16.5. The Morgan fingerprint density at radius 1 is 0.848 bits per heavy atom. The van der Waals surface area contributed by atoms with Gasteiger partial charge in [0.15, 0.2) is 0 Å². The van der Waals surface area contributed by atoms with Crippen LogP contribution in [0.15, 0.2) is 121 Å². The molecule has 230 valence electrons. The van der Waals surface area contributed by atoms with E-state index >= 15 is 0 Å². The quantitative estimate of drug-likeness (QED) is 0.128. The number of aryl methyl sites for hydroxylation is 2. The molecule has 0 aliphatic heterocycles. The number of nitrogens with zero attached hydrogens (tertiary/aromatic N) is 4. The highest BCUT2D eigenvalue weighted by molar-refractivity contribution is 5.90. The number of carboxylic acid groups (broad SMARTS) is 1. The second-order valence-corrected chi connectivity index (χ2v) is 11.5. The number of nitrogens with one attached hydrogen (secondary N) is 1. The first-order valence-electron chi connectivity index (χ1n) is 15.6. The van der Waals surface area contributed by atoms with Gasteiger partial charge in [-0.1, -0.05) is 91.0 Å². The van der Waals surface area contributed by atoms with Crippen molar-refractivity contribution in [3.05, 3.63) is 155 Å². The molecule has 0 radical (unpaired) electrons. The largest absolute Gasteiger partial charge is 0.497 e. The Labute approximate surface area is 267 Å². The van der Waals surface area contributed by atoms with Gasteiger partial charge in [-0.15, -0.1) is 0 Å². The lowest BCUT2D eigenvalue weighted by atomic mass is 9.77. The molecule has 2 heterocycles. The van der Waals surface area contributed by atoms with Crippen molar-refractivity contribution in [2.45, 2.75) is 31.3 Å². The van der Waals surface area contributed by atoms with Crippen LogP contribution in [0.5, 0.6) is 5.75 Å². The molecule has 0 atom stereocenters. The Bertz CT molecular complexity index is 1850. The van der Waals surface area contributed by atoms with Gasteiger partial charge in [0.05, 0.1) is 30.2 Å². The molecule has 2 N–H and O–H groups in total. The summed E-state index contributed by atoms with van der Waals surface area (Å²) in [5.41, 5.74) is 7.28. The van der Waals surface area contributed by atoms with Crippen molar-refractivity contribution in [1.82, 2.24) is 24.9 Å². The molecule has 0 amide bonds. The number of benzene rings is 4. The van der Waals surface area contributed by atoms with Crippen LogP contribution in [0, 0.1) is 0 Å². The van der Waals surface area contributed by atoms with Crippen LogP contribution in [-0.2, 0) is 24.9 Å². The molecular weight excluding hydrogens is 574 g/mol. The Hall–Kier alpha value is -5.47. The molecule has 1 aliphatic carbocycles. The maximum atomic E-state index is 12.7. The van der Waals surface area contributed by atoms with Crippen molar-refractivity contribution in [3.8, 4) is 22.8 Å². The van der Waals surface area contributed by atoms with Crippen LogP contribution in [0.2, 0.25) is 0 Å². The van der Waals surface area contributed by atoms with Crippen LogP contribution < -0.4 is 10.1 Å². The molecule has 0 unspecified atom stereocenters. The summed E-state index contributed by atoms with van der Waals surface area (Å²) in [4.78, 5) is 12.7. The Morgan fingerprint density at radius 2 is 1.43 bits per heavy atom. The summed E-state index contributed by atoms with van der Waals surface area (Å²) >= 11 is 0. The van der Waals surface area contributed by atoms with Crippen LogP contribution in [0.25, 0.3) is 17.1 Å². The number of aromatic carboxylic acids is 1. The minimum Gasteiger partial charge on any atom is -0.497 e. The van der Waals surface area contributed by atoms with E-state index in [1.807, 2.05) is 53.3 Å². The van der Waals surface area contributed by atoms with E-state index < -0.39 is 11.5 Å². The van der Waals surface area contributed by atoms with Crippen molar-refractivity contribution in [3.63, 3.8) is 0 Å². The highest BCUT2D eigenvalue weighted by Gasteiger charge is 2.36. The van der Waals surface area contributed by atoms with E-state index in [2.05, 4.69) is 83.2 Å².